The predicted molar refractivity (Wildman–Crippen MR) is 146 cm³/mol. The Morgan fingerprint density at radius 1 is 1.03 bits per heavy atom. The Morgan fingerprint density at radius 2 is 1.74 bits per heavy atom. The van der Waals surface area contributed by atoms with Gasteiger partial charge in [0.15, 0.2) is 27.1 Å². The Bertz CT molecular complexity index is 1700. The topological polar surface area (TPSA) is 158 Å². The number of hydrogen-bond acceptors (Lipinski definition) is 11. The van der Waals surface area contributed by atoms with Crippen molar-refractivity contribution in [2.75, 3.05) is 11.1 Å². The summed E-state index contributed by atoms with van der Waals surface area (Å²) in [6.07, 6.45) is 7.89. The summed E-state index contributed by atoms with van der Waals surface area (Å²) in [5, 5.41) is 3.02. The van der Waals surface area contributed by atoms with Gasteiger partial charge in [0.25, 0.3) is 5.56 Å². The van der Waals surface area contributed by atoms with E-state index < -0.39 is 9.84 Å². The summed E-state index contributed by atoms with van der Waals surface area (Å²) in [6, 6.07) is -0.183. The van der Waals surface area contributed by atoms with Gasteiger partial charge in [-0.2, -0.15) is 0 Å². The van der Waals surface area contributed by atoms with Crippen molar-refractivity contribution < 1.29 is 8.42 Å². The summed E-state index contributed by atoms with van der Waals surface area (Å²) in [4.78, 5) is 44.9. The van der Waals surface area contributed by atoms with Gasteiger partial charge >= 0.3 is 0 Å². The van der Waals surface area contributed by atoms with Crippen LogP contribution in [0.5, 0.6) is 0 Å². The van der Waals surface area contributed by atoms with Crippen LogP contribution in [0.25, 0.3) is 22.6 Å². The van der Waals surface area contributed by atoms with Gasteiger partial charge in [-0.25, -0.2) is 43.3 Å². The Balaban J connectivity index is 1.55. The number of anilines is 1. The van der Waals surface area contributed by atoms with E-state index in [0.717, 1.165) is 29.8 Å². The van der Waals surface area contributed by atoms with Crippen LogP contribution in [-0.4, -0.2) is 53.6 Å². The van der Waals surface area contributed by atoms with Crippen molar-refractivity contribution in [1.29, 1.82) is 0 Å². The second-order valence-electron chi connectivity index (χ2n) is 10.1. The fourth-order valence-corrected chi connectivity index (χ4v) is 5.03. The molecule has 204 valence electrons. The number of hydrogen-bond donors (Lipinski definition) is 1. The minimum atomic E-state index is -3.40. The van der Waals surface area contributed by atoms with E-state index in [-0.39, 0.29) is 40.5 Å². The number of rotatable bonds is 9. The van der Waals surface area contributed by atoms with Gasteiger partial charge in [-0.15, -0.1) is 0 Å². The SMILES string of the molecule is CCS(=O)(=O)c1cnc(CNc2nc3cnc(-c4c(C)ncnc4C4CC4)nc3n([C@@H](C)C(C)C)c2=O)nc1. The highest BCUT2D eigenvalue weighted by Gasteiger charge is 2.30. The van der Waals surface area contributed by atoms with Crippen LogP contribution >= 0.6 is 0 Å². The minimum Gasteiger partial charge on any atom is -0.358 e. The molecule has 12 nitrogen and oxygen atoms in total. The molecule has 0 radical (unpaired) electrons. The summed E-state index contributed by atoms with van der Waals surface area (Å²) in [7, 11) is -3.40. The zero-order valence-electron chi connectivity index (χ0n) is 22.6. The average Bonchev–Trinajstić information content (AvgIpc) is 3.77. The summed E-state index contributed by atoms with van der Waals surface area (Å²) >= 11 is 0. The first-order valence-corrected chi connectivity index (χ1v) is 14.6. The standard InChI is InChI=1S/C26H31N9O3S/c1-6-39(37,38)18-9-27-20(28-10-18)12-30-24-26(36)35(16(5)14(2)3)25-19(33-24)11-29-23(34-25)21-15(4)31-13-32-22(21)17-7-8-17/h9-11,13-14,16-17H,6-8,12H2,1-5H3,(H,30,33)/t16-/m0/s1. The molecule has 0 aromatic carbocycles. The first kappa shape index (κ1) is 26.7. The van der Waals surface area contributed by atoms with E-state index in [4.69, 9.17) is 4.98 Å². The average molecular weight is 550 g/mol. The predicted octanol–water partition coefficient (Wildman–Crippen LogP) is 3.24. The zero-order valence-corrected chi connectivity index (χ0v) is 23.4. The third-order valence-corrected chi connectivity index (χ3v) is 8.78. The third kappa shape index (κ3) is 5.22. The molecule has 1 aliphatic rings. The first-order valence-electron chi connectivity index (χ1n) is 13.0. The molecule has 1 atom stereocenters. The van der Waals surface area contributed by atoms with Crippen molar-refractivity contribution in [3.63, 3.8) is 0 Å². The molecule has 13 heteroatoms. The van der Waals surface area contributed by atoms with Gasteiger partial charge in [-0.1, -0.05) is 20.8 Å². The number of nitrogens with one attached hydrogen (secondary N) is 1. The van der Waals surface area contributed by atoms with E-state index in [0.29, 0.717) is 28.7 Å². The van der Waals surface area contributed by atoms with Crippen molar-refractivity contribution >= 4 is 26.8 Å². The Morgan fingerprint density at radius 3 is 2.38 bits per heavy atom. The van der Waals surface area contributed by atoms with Gasteiger partial charge < -0.3 is 5.32 Å². The minimum absolute atomic E-state index is 0.0366. The number of fused-ring (bicyclic) bond motifs is 1. The summed E-state index contributed by atoms with van der Waals surface area (Å²) in [5.74, 6) is 1.39. The van der Waals surface area contributed by atoms with E-state index in [9.17, 15) is 13.2 Å². The number of sulfone groups is 1. The molecule has 39 heavy (non-hydrogen) atoms. The van der Waals surface area contributed by atoms with Crippen molar-refractivity contribution in [3.05, 3.63) is 52.5 Å². The summed E-state index contributed by atoms with van der Waals surface area (Å²) in [5.41, 5.74) is 3.11. The molecule has 1 aliphatic carbocycles. The van der Waals surface area contributed by atoms with E-state index >= 15 is 0 Å². The number of aryl methyl sites for hydroxylation is 1. The molecular formula is C26H31N9O3S. The van der Waals surface area contributed by atoms with E-state index in [1.807, 2.05) is 27.7 Å². The maximum Gasteiger partial charge on any atom is 0.295 e. The van der Waals surface area contributed by atoms with Gasteiger partial charge in [-0.3, -0.25) is 9.36 Å². The van der Waals surface area contributed by atoms with Crippen LogP contribution in [0.2, 0.25) is 0 Å². The lowest BCUT2D eigenvalue weighted by atomic mass is 10.1. The van der Waals surface area contributed by atoms with Crippen molar-refractivity contribution in [3.8, 4) is 11.4 Å². The highest BCUT2D eigenvalue weighted by Crippen LogP contribution is 2.43. The normalized spacial score (nSPS) is 14.6. The molecular weight excluding hydrogens is 518 g/mol. The van der Waals surface area contributed by atoms with E-state index in [1.54, 1.807) is 24.0 Å². The van der Waals surface area contributed by atoms with Crippen LogP contribution in [0.15, 0.2) is 34.6 Å². The lowest BCUT2D eigenvalue weighted by Gasteiger charge is -2.21. The Hall–Kier alpha value is -3.87. The van der Waals surface area contributed by atoms with Crippen molar-refractivity contribution in [1.82, 2.24) is 39.5 Å². The van der Waals surface area contributed by atoms with Crippen LogP contribution in [0.3, 0.4) is 0 Å². The number of nitrogens with zero attached hydrogens (tertiary/aromatic N) is 8. The molecule has 1 fully saturated rings. The van der Waals surface area contributed by atoms with Crippen LogP contribution in [-0.2, 0) is 16.4 Å². The van der Waals surface area contributed by atoms with Crippen LogP contribution in [0.1, 0.15) is 69.7 Å². The number of aromatic nitrogens is 8. The fourth-order valence-electron chi connectivity index (χ4n) is 4.27. The molecule has 5 rings (SSSR count). The summed E-state index contributed by atoms with van der Waals surface area (Å²) in [6.45, 7) is 9.61. The first-order chi connectivity index (χ1) is 18.6. The fraction of sp³-hybridized carbons (Fsp3) is 0.462. The lowest BCUT2D eigenvalue weighted by Crippen LogP contribution is -2.30. The molecule has 1 N–H and O–H groups in total. The van der Waals surface area contributed by atoms with E-state index in [2.05, 4.69) is 35.2 Å². The quantitative estimate of drug-likeness (QED) is 0.326. The molecule has 0 spiro atoms. The second kappa shape index (κ2) is 10.4. The Kier molecular flexibility index (Phi) is 7.10. The maximum atomic E-state index is 13.7. The molecule has 0 unspecified atom stereocenters. The van der Waals surface area contributed by atoms with Gasteiger partial charge in [0.1, 0.15) is 22.6 Å². The molecule has 0 bridgehead atoms. The molecule has 4 heterocycles. The highest BCUT2D eigenvalue weighted by molar-refractivity contribution is 7.91. The summed E-state index contributed by atoms with van der Waals surface area (Å²) < 4.78 is 25.7. The zero-order chi connectivity index (χ0) is 27.9. The monoisotopic (exact) mass is 549 g/mol. The van der Waals surface area contributed by atoms with Crippen LogP contribution < -0.4 is 10.9 Å². The van der Waals surface area contributed by atoms with Crippen molar-refractivity contribution in [2.24, 2.45) is 5.92 Å². The smallest absolute Gasteiger partial charge is 0.295 e. The molecule has 0 aliphatic heterocycles. The van der Waals surface area contributed by atoms with Crippen molar-refractivity contribution in [2.45, 2.75) is 70.9 Å². The van der Waals surface area contributed by atoms with Gasteiger partial charge in [0, 0.05) is 24.4 Å². The molecule has 1 saturated carbocycles. The van der Waals surface area contributed by atoms with Crippen LogP contribution in [0, 0.1) is 12.8 Å². The highest BCUT2D eigenvalue weighted by atomic mass is 32.2. The molecule has 4 aromatic rings. The van der Waals surface area contributed by atoms with E-state index in [1.165, 1.54) is 12.4 Å². The molecule has 4 aromatic heterocycles. The maximum absolute atomic E-state index is 13.7. The largest absolute Gasteiger partial charge is 0.358 e. The molecule has 0 saturated heterocycles. The van der Waals surface area contributed by atoms with Gasteiger partial charge in [0.05, 0.1) is 35.4 Å². The second-order valence-corrected chi connectivity index (χ2v) is 12.4. The Labute approximate surface area is 226 Å². The van der Waals surface area contributed by atoms with Gasteiger partial charge in [-0.05, 0) is 32.6 Å². The van der Waals surface area contributed by atoms with Gasteiger partial charge in [0.2, 0.25) is 0 Å². The molecule has 0 amide bonds. The lowest BCUT2D eigenvalue weighted by molar-refractivity contribution is 0.406. The van der Waals surface area contributed by atoms with Crippen LogP contribution in [0.4, 0.5) is 5.82 Å². The third-order valence-electron chi connectivity index (χ3n) is 7.09.